The summed E-state index contributed by atoms with van der Waals surface area (Å²) in [6.45, 7) is 4.06. The van der Waals surface area contributed by atoms with Crippen LogP contribution < -0.4 is 0 Å². The standard InChI is InChI=1S/C20H27N5O2S/c1-13-5-14(11-28(26,27)12-15-9-24(2)10-15)6-16(13)18-7-22-19-8-23-20-17(25(18)19)3-4-21-20/h3-4,7-8,13-16,21H,5-6,9-12H2,1-2H3/t13-,14+,16+/m1/s1. The molecule has 0 unspecified atom stereocenters. The van der Waals surface area contributed by atoms with Crippen LogP contribution in [0, 0.1) is 17.8 Å². The fraction of sp³-hybridized carbons (Fsp3) is 0.600. The summed E-state index contributed by atoms with van der Waals surface area (Å²) in [4.78, 5) is 14.3. The quantitative estimate of drug-likeness (QED) is 0.709. The van der Waals surface area contributed by atoms with Gasteiger partial charge < -0.3 is 9.88 Å². The highest BCUT2D eigenvalue weighted by Gasteiger charge is 2.37. The summed E-state index contributed by atoms with van der Waals surface area (Å²) in [7, 11) is -0.956. The molecule has 0 bridgehead atoms. The van der Waals surface area contributed by atoms with E-state index in [-0.39, 0.29) is 5.92 Å². The second-order valence-corrected chi connectivity index (χ2v) is 11.1. The summed E-state index contributed by atoms with van der Waals surface area (Å²) in [6, 6.07) is 2.03. The van der Waals surface area contributed by atoms with Gasteiger partial charge in [0.25, 0.3) is 0 Å². The van der Waals surface area contributed by atoms with E-state index in [1.807, 2.05) is 25.5 Å². The Morgan fingerprint density at radius 3 is 2.71 bits per heavy atom. The highest BCUT2D eigenvalue weighted by molar-refractivity contribution is 7.91. The number of nitrogens with zero attached hydrogens (tertiary/aromatic N) is 4. The first-order chi connectivity index (χ1) is 13.4. The molecule has 3 atom stereocenters. The van der Waals surface area contributed by atoms with Crippen LogP contribution in [0.1, 0.15) is 31.4 Å². The lowest BCUT2D eigenvalue weighted by atomic mass is 9.95. The Morgan fingerprint density at radius 1 is 1.14 bits per heavy atom. The zero-order valence-corrected chi connectivity index (χ0v) is 17.2. The number of nitrogens with one attached hydrogen (secondary N) is 1. The third kappa shape index (κ3) is 3.12. The molecule has 28 heavy (non-hydrogen) atoms. The molecule has 0 radical (unpaired) electrons. The van der Waals surface area contributed by atoms with Crippen molar-refractivity contribution in [2.24, 2.45) is 17.8 Å². The number of hydrogen-bond donors (Lipinski definition) is 1. The maximum absolute atomic E-state index is 12.7. The number of fused-ring (bicyclic) bond motifs is 3. The van der Waals surface area contributed by atoms with Gasteiger partial charge in [-0.15, -0.1) is 0 Å². The van der Waals surface area contributed by atoms with E-state index >= 15 is 0 Å². The number of imidazole rings is 1. The largest absolute Gasteiger partial charge is 0.345 e. The van der Waals surface area contributed by atoms with Crippen molar-refractivity contribution >= 4 is 26.6 Å². The third-order valence-corrected chi connectivity index (χ3v) is 8.51. The Balaban J connectivity index is 1.36. The van der Waals surface area contributed by atoms with Crippen molar-refractivity contribution in [3.8, 4) is 0 Å². The molecule has 2 aliphatic rings. The molecule has 3 aromatic heterocycles. The lowest BCUT2D eigenvalue weighted by molar-refractivity contribution is 0.151. The Hall–Kier alpha value is -1.93. The van der Waals surface area contributed by atoms with Gasteiger partial charge in [-0.25, -0.2) is 18.4 Å². The van der Waals surface area contributed by atoms with Gasteiger partial charge >= 0.3 is 0 Å². The van der Waals surface area contributed by atoms with Crippen LogP contribution in [0.25, 0.3) is 16.8 Å². The van der Waals surface area contributed by atoms with Crippen LogP contribution in [-0.2, 0) is 9.84 Å². The molecule has 4 heterocycles. The lowest BCUT2D eigenvalue weighted by Gasteiger charge is -2.36. The van der Waals surface area contributed by atoms with Gasteiger partial charge in [-0.05, 0) is 43.7 Å². The Labute approximate surface area is 165 Å². The van der Waals surface area contributed by atoms with Gasteiger partial charge in [-0.1, -0.05) is 6.92 Å². The smallest absolute Gasteiger partial charge is 0.156 e. The molecule has 1 saturated carbocycles. The van der Waals surface area contributed by atoms with Crippen molar-refractivity contribution in [1.82, 2.24) is 24.3 Å². The zero-order valence-electron chi connectivity index (χ0n) is 16.4. The molecule has 3 aromatic rings. The van der Waals surface area contributed by atoms with E-state index in [2.05, 4.69) is 31.2 Å². The van der Waals surface area contributed by atoms with Crippen molar-refractivity contribution in [2.75, 3.05) is 31.6 Å². The molecule has 8 heteroatoms. The Kier molecular flexibility index (Phi) is 4.24. The molecule has 1 aliphatic carbocycles. The molecule has 1 saturated heterocycles. The number of likely N-dealkylation sites (tertiary alicyclic amines) is 1. The van der Waals surface area contributed by atoms with Crippen LogP contribution in [0.3, 0.4) is 0 Å². The summed E-state index contributed by atoms with van der Waals surface area (Å²) in [5.41, 5.74) is 3.90. The van der Waals surface area contributed by atoms with E-state index in [0.717, 1.165) is 42.7 Å². The lowest BCUT2D eigenvalue weighted by Crippen LogP contribution is -2.47. The molecule has 2 fully saturated rings. The van der Waals surface area contributed by atoms with Crippen LogP contribution in [0.15, 0.2) is 24.7 Å². The van der Waals surface area contributed by atoms with Gasteiger partial charge in [0, 0.05) is 37.1 Å². The van der Waals surface area contributed by atoms with Crippen molar-refractivity contribution in [2.45, 2.75) is 25.7 Å². The predicted molar refractivity (Wildman–Crippen MR) is 109 cm³/mol. The van der Waals surface area contributed by atoms with Crippen LogP contribution in [0.2, 0.25) is 0 Å². The monoisotopic (exact) mass is 401 g/mol. The number of rotatable bonds is 5. The molecule has 5 rings (SSSR count). The molecular weight excluding hydrogens is 374 g/mol. The van der Waals surface area contributed by atoms with Crippen molar-refractivity contribution in [1.29, 1.82) is 0 Å². The van der Waals surface area contributed by atoms with E-state index in [9.17, 15) is 8.42 Å². The average Bonchev–Trinajstić information content (AvgIpc) is 3.29. The minimum Gasteiger partial charge on any atom is -0.345 e. The first kappa shape index (κ1) is 18.1. The van der Waals surface area contributed by atoms with Crippen molar-refractivity contribution in [3.63, 3.8) is 0 Å². The first-order valence-corrected chi connectivity index (χ1v) is 11.9. The maximum Gasteiger partial charge on any atom is 0.156 e. The van der Waals surface area contributed by atoms with Gasteiger partial charge in [-0.3, -0.25) is 4.40 Å². The predicted octanol–water partition coefficient (Wildman–Crippen LogP) is 2.32. The zero-order chi connectivity index (χ0) is 19.5. The third-order valence-electron chi connectivity index (χ3n) is 6.55. The molecule has 7 nitrogen and oxygen atoms in total. The fourth-order valence-corrected chi connectivity index (χ4v) is 7.45. The van der Waals surface area contributed by atoms with Crippen LogP contribution in [-0.4, -0.2) is 64.3 Å². The van der Waals surface area contributed by atoms with E-state index in [1.54, 1.807) is 6.20 Å². The normalized spacial score (nSPS) is 27.0. The van der Waals surface area contributed by atoms with Crippen molar-refractivity contribution < 1.29 is 8.42 Å². The second kappa shape index (κ2) is 6.56. The molecular formula is C20H27N5O2S. The van der Waals surface area contributed by atoms with Gasteiger partial charge in [0.1, 0.15) is 0 Å². The van der Waals surface area contributed by atoms with Gasteiger partial charge in [-0.2, -0.15) is 0 Å². The van der Waals surface area contributed by atoms with E-state index in [0.29, 0.717) is 29.3 Å². The van der Waals surface area contributed by atoms with E-state index in [4.69, 9.17) is 0 Å². The Morgan fingerprint density at radius 2 is 1.93 bits per heavy atom. The second-order valence-electron chi connectivity index (χ2n) is 8.93. The highest BCUT2D eigenvalue weighted by Crippen LogP contribution is 2.44. The molecule has 0 amide bonds. The number of sulfone groups is 1. The molecule has 150 valence electrons. The molecule has 1 aliphatic heterocycles. The van der Waals surface area contributed by atoms with Gasteiger partial charge in [0.05, 0.1) is 23.2 Å². The van der Waals surface area contributed by atoms with Crippen LogP contribution in [0.5, 0.6) is 0 Å². The number of H-pyrrole nitrogens is 1. The molecule has 0 spiro atoms. The highest BCUT2D eigenvalue weighted by atomic mass is 32.2. The summed E-state index contributed by atoms with van der Waals surface area (Å²) in [5, 5.41) is 0. The topological polar surface area (TPSA) is 83.4 Å². The SMILES string of the molecule is C[C@@H]1C[C@H](CS(=O)(=O)CC2CN(C)C2)C[C@@H]1c1cnc2cnc3[nH]ccc3n12. The van der Waals surface area contributed by atoms with Gasteiger partial charge in [0.2, 0.25) is 0 Å². The fourth-order valence-electron chi connectivity index (χ4n) is 5.40. The minimum absolute atomic E-state index is 0.233. The summed E-state index contributed by atoms with van der Waals surface area (Å²) in [5.74, 6) is 1.99. The Bertz CT molecular complexity index is 1110. The molecule has 0 aromatic carbocycles. The van der Waals surface area contributed by atoms with Crippen LogP contribution in [0.4, 0.5) is 0 Å². The summed E-state index contributed by atoms with van der Waals surface area (Å²) in [6.07, 6.45) is 7.51. The van der Waals surface area contributed by atoms with Crippen LogP contribution >= 0.6 is 0 Å². The molecule has 1 N–H and O–H groups in total. The minimum atomic E-state index is -3.00. The van der Waals surface area contributed by atoms with Crippen molar-refractivity contribution in [3.05, 3.63) is 30.4 Å². The van der Waals surface area contributed by atoms with E-state index < -0.39 is 9.84 Å². The summed E-state index contributed by atoms with van der Waals surface area (Å²) < 4.78 is 27.6. The number of aromatic amines is 1. The first-order valence-electron chi connectivity index (χ1n) is 10.1. The number of aromatic nitrogens is 4. The van der Waals surface area contributed by atoms with Gasteiger partial charge in [0.15, 0.2) is 21.1 Å². The average molecular weight is 402 g/mol. The maximum atomic E-state index is 12.7. The van der Waals surface area contributed by atoms with E-state index in [1.165, 1.54) is 5.69 Å². The summed E-state index contributed by atoms with van der Waals surface area (Å²) >= 11 is 0. The number of hydrogen-bond acceptors (Lipinski definition) is 5.